The molecule has 1 aromatic carbocycles. The van der Waals surface area contributed by atoms with E-state index in [1.807, 2.05) is 24.3 Å². The third-order valence-corrected chi connectivity index (χ3v) is 5.12. The number of para-hydroxylation sites is 1. The highest BCUT2D eigenvalue weighted by molar-refractivity contribution is 6.20. The van der Waals surface area contributed by atoms with E-state index in [9.17, 15) is 5.11 Å². The predicted octanol–water partition coefficient (Wildman–Crippen LogP) is 3.09. The summed E-state index contributed by atoms with van der Waals surface area (Å²) in [6.07, 6.45) is 5.35. The van der Waals surface area contributed by atoms with Crippen LogP contribution in [-0.4, -0.2) is 52.5 Å². The van der Waals surface area contributed by atoms with Crippen molar-refractivity contribution in [3.63, 3.8) is 0 Å². The molecular weight excluding hydrogens is 352 g/mol. The summed E-state index contributed by atoms with van der Waals surface area (Å²) in [5.41, 5.74) is 3.68. The van der Waals surface area contributed by atoms with Gasteiger partial charge in [0.15, 0.2) is 5.82 Å². The topological polar surface area (TPSA) is 80.6 Å². The van der Waals surface area contributed by atoms with Crippen molar-refractivity contribution in [1.29, 1.82) is 0 Å². The predicted molar refractivity (Wildman–Crippen MR) is 111 cm³/mol. The van der Waals surface area contributed by atoms with Crippen molar-refractivity contribution < 1.29 is 5.11 Å². The molecule has 2 N–H and O–H groups in total. The molecule has 3 aromatic rings. The molecule has 7 heteroatoms. The molecule has 1 fully saturated rings. The minimum absolute atomic E-state index is 0.00118. The van der Waals surface area contributed by atoms with Gasteiger partial charge in [-0.3, -0.25) is 0 Å². The average molecular weight is 372 g/mol. The first kappa shape index (κ1) is 16.6. The third-order valence-electron chi connectivity index (χ3n) is 5.12. The summed E-state index contributed by atoms with van der Waals surface area (Å²) in [7, 11) is 0. The number of anilines is 2. The summed E-state index contributed by atoms with van der Waals surface area (Å²) < 4.78 is 0. The zero-order valence-corrected chi connectivity index (χ0v) is 15.3. The maximum Gasteiger partial charge on any atom is 0.238 e. The molecular formula is C21H20N6O. The number of piperazine rings is 1. The number of fused-ring (bicyclic) bond motifs is 1. The lowest BCUT2D eigenvalue weighted by atomic mass is 10.1. The molecule has 7 nitrogen and oxygen atoms in total. The van der Waals surface area contributed by atoms with Crippen molar-refractivity contribution in [3.8, 4) is 5.88 Å². The fourth-order valence-electron chi connectivity index (χ4n) is 3.63. The average Bonchev–Trinajstić information content (AvgIpc) is 3.33. The normalized spacial score (nSPS) is 17.4. The Morgan fingerprint density at radius 1 is 0.964 bits per heavy atom. The molecule has 1 saturated heterocycles. The number of aliphatic imine (C=N–C) groups is 1. The number of rotatable bonds is 3. The van der Waals surface area contributed by atoms with Gasteiger partial charge in [0.25, 0.3) is 0 Å². The van der Waals surface area contributed by atoms with Crippen LogP contribution >= 0.6 is 0 Å². The second kappa shape index (κ2) is 6.84. The molecule has 140 valence electrons. The van der Waals surface area contributed by atoms with Crippen LogP contribution < -0.4 is 9.80 Å². The molecule has 0 unspecified atom stereocenters. The number of nitrogens with one attached hydrogen (secondary N) is 1. The number of imidazole rings is 1. The lowest BCUT2D eigenvalue weighted by molar-refractivity contribution is 0.455. The zero-order valence-electron chi connectivity index (χ0n) is 15.3. The number of pyridine rings is 1. The molecule has 0 bridgehead atoms. The molecule has 4 heterocycles. The van der Waals surface area contributed by atoms with Crippen molar-refractivity contribution in [2.75, 3.05) is 36.0 Å². The number of nitrogens with zero attached hydrogens (tertiary/aromatic N) is 5. The standard InChI is InChI=1S/C21H20N6O/c28-20-18(13-15-14-23-19-17(15)7-4-8-22-19)24-21(25-20)27-11-9-26(10-12-27)16-5-2-1-3-6-16/h1-8,13-14,28H,9-12H2,(H,24,25). The highest BCUT2D eigenvalue weighted by Crippen LogP contribution is 2.32. The Kier molecular flexibility index (Phi) is 4.05. The van der Waals surface area contributed by atoms with Gasteiger partial charge < -0.3 is 19.9 Å². The molecule has 28 heavy (non-hydrogen) atoms. The Labute approximate surface area is 162 Å². The van der Waals surface area contributed by atoms with E-state index >= 15 is 0 Å². The molecule has 0 spiro atoms. The quantitative estimate of drug-likeness (QED) is 0.738. The third kappa shape index (κ3) is 3.00. The largest absolute Gasteiger partial charge is 0.492 e. The first-order valence-corrected chi connectivity index (χ1v) is 9.33. The van der Waals surface area contributed by atoms with Gasteiger partial charge in [-0.1, -0.05) is 18.2 Å². The first-order valence-electron chi connectivity index (χ1n) is 9.33. The number of aromatic hydroxyl groups is 1. The van der Waals surface area contributed by atoms with Crippen molar-refractivity contribution >= 4 is 35.3 Å². The number of aromatic amines is 1. The number of hydrogen-bond acceptors (Lipinski definition) is 6. The first-order chi connectivity index (χ1) is 13.8. The van der Waals surface area contributed by atoms with Crippen LogP contribution in [0, 0.1) is 0 Å². The van der Waals surface area contributed by atoms with Gasteiger partial charge in [-0.05, 0) is 30.3 Å². The Balaban J connectivity index is 1.33. The van der Waals surface area contributed by atoms with Crippen LogP contribution in [-0.2, 0) is 0 Å². The van der Waals surface area contributed by atoms with Crippen molar-refractivity contribution in [2.24, 2.45) is 4.99 Å². The molecule has 0 aliphatic carbocycles. The molecule has 2 aliphatic rings. The summed E-state index contributed by atoms with van der Waals surface area (Å²) in [5.74, 6) is 1.39. The van der Waals surface area contributed by atoms with E-state index in [-0.39, 0.29) is 5.88 Å². The van der Waals surface area contributed by atoms with Gasteiger partial charge in [-0.2, -0.15) is 4.98 Å². The summed E-state index contributed by atoms with van der Waals surface area (Å²) in [4.78, 5) is 20.7. The minimum atomic E-state index is -0.00118. The Morgan fingerprint density at radius 3 is 2.57 bits per heavy atom. The van der Waals surface area contributed by atoms with E-state index < -0.39 is 0 Å². The lowest BCUT2D eigenvalue weighted by Crippen LogP contribution is -2.46. The second-order valence-electron chi connectivity index (χ2n) is 6.84. The van der Waals surface area contributed by atoms with Gasteiger partial charge in [0.1, 0.15) is 5.69 Å². The number of H-pyrrole nitrogens is 1. The van der Waals surface area contributed by atoms with Crippen molar-refractivity contribution in [1.82, 2.24) is 15.0 Å². The Bertz CT molecular complexity index is 1050. The van der Waals surface area contributed by atoms with E-state index in [0.29, 0.717) is 17.5 Å². The highest BCUT2D eigenvalue weighted by Gasteiger charge is 2.21. The fourth-order valence-corrected chi connectivity index (χ4v) is 3.63. The molecule has 5 rings (SSSR count). The van der Waals surface area contributed by atoms with E-state index in [2.05, 4.69) is 54.0 Å². The summed E-state index contributed by atoms with van der Waals surface area (Å²) in [6.45, 7) is 3.50. The molecule has 0 amide bonds. The monoisotopic (exact) mass is 372 g/mol. The number of allylic oxidation sites excluding steroid dienone is 1. The van der Waals surface area contributed by atoms with Gasteiger partial charge in [0.2, 0.25) is 11.8 Å². The van der Waals surface area contributed by atoms with Crippen LogP contribution in [0.1, 0.15) is 11.3 Å². The minimum Gasteiger partial charge on any atom is -0.492 e. The Morgan fingerprint density at radius 2 is 1.75 bits per heavy atom. The maximum absolute atomic E-state index is 10.3. The number of hydrogen-bond donors (Lipinski definition) is 2. The Hall–Kier alpha value is -3.61. The van der Waals surface area contributed by atoms with E-state index in [0.717, 1.165) is 37.3 Å². The maximum atomic E-state index is 10.3. The van der Waals surface area contributed by atoms with Crippen LogP contribution in [0.15, 0.2) is 53.7 Å². The lowest BCUT2D eigenvalue weighted by Gasteiger charge is -2.35. The van der Waals surface area contributed by atoms with E-state index in [1.54, 1.807) is 12.4 Å². The SMILES string of the molecule is Oc1nc(N2CCN(c3ccccc3)CC2)[nH]c1C=C1C=Nc2ncccc21. The van der Waals surface area contributed by atoms with Gasteiger partial charge in [-0.15, -0.1) is 0 Å². The molecule has 2 aliphatic heterocycles. The van der Waals surface area contributed by atoms with Gasteiger partial charge in [-0.25, -0.2) is 9.98 Å². The van der Waals surface area contributed by atoms with Crippen LogP contribution in [0.25, 0.3) is 11.6 Å². The summed E-state index contributed by atoms with van der Waals surface area (Å²) >= 11 is 0. The highest BCUT2D eigenvalue weighted by atomic mass is 16.3. The van der Waals surface area contributed by atoms with Gasteiger partial charge in [0.05, 0.1) is 0 Å². The summed E-state index contributed by atoms with van der Waals surface area (Å²) in [5, 5.41) is 10.3. The second-order valence-corrected chi connectivity index (χ2v) is 6.84. The number of aromatic nitrogens is 3. The zero-order chi connectivity index (χ0) is 18.9. The molecule has 0 radical (unpaired) electrons. The van der Waals surface area contributed by atoms with Crippen LogP contribution in [0.5, 0.6) is 5.88 Å². The van der Waals surface area contributed by atoms with Crippen molar-refractivity contribution in [3.05, 3.63) is 59.9 Å². The van der Waals surface area contributed by atoms with Gasteiger partial charge in [0, 0.05) is 55.4 Å². The summed E-state index contributed by atoms with van der Waals surface area (Å²) in [6, 6.07) is 14.3. The van der Waals surface area contributed by atoms with Crippen LogP contribution in [0.3, 0.4) is 0 Å². The molecule has 0 atom stereocenters. The smallest absolute Gasteiger partial charge is 0.238 e. The fraction of sp³-hybridized carbons (Fsp3) is 0.190. The van der Waals surface area contributed by atoms with E-state index in [1.165, 1.54) is 5.69 Å². The number of benzene rings is 1. The van der Waals surface area contributed by atoms with E-state index in [4.69, 9.17) is 0 Å². The molecule has 0 saturated carbocycles. The van der Waals surface area contributed by atoms with Crippen molar-refractivity contribution in [2.45, 2.75) is 0 Å². The molecule has 2 aromatic heterocycles. The van der Waals surface area contributed by atoms with Gasteiger partial charge >= 0.3 is 0 Å². The van der Waals surface area contributed by atoms with Crippen LogP contribution in [0.2, 0.25) is 0 Å². The van der Waals surface area contributed by atoms with Crippen LogP contribution in [0.4, 0.5) is 17.5 Å².